The zero-order valence-electron chi connectivity index (χ0n) is 32.0. The van der Waals surface area contributed by atoms with Crippen molar-refractivity contribution in [3.8, 4) is 78.7 Å². The predicted molar refractivity (Wildman–Crippen MR) is 243 cm³/mol. The molecule has 2 heterocycles. The van der Waals surface area contributed by atoms with E-state index in [9.17, 15) is 0 Å². The summed E-state index contributed by atoms with van der Waals surface area (Å²) in [5.74, 6) is 1.80. The van der Waals surface area contributed by atoms with Crippen LogP contribution in [0.4, 0.5) is 0 Å². The number of nitrogens with zero attached hydrogens (tertiary/aromatic N) is 3. The van der Waals surface area contributed by atoms with Gasteiger partial charge < -0.3 is 4.42 Å². The first kappa shape index (κ1) is 34.3. The van der Waals surface area contributed by atoms with Crippen LogP contribution in [0.1, 0.15) is 0 Å². The first-order valence-corrected chi connectivity index (χ1v) is 19.8. The van der Waals surface area contributed by atoms with Crippen LogP contribution in [0.5, 0.6) is 0 Å². The zero-order chi connectivity index (χ0) is 39.1. The largest absolute Gasteiger partial charge is 0.456 e. The Morgan fingerprint density at radius 3 is 1.51 bits per heavy atom. The normalized spacial score (nSPS) is 11.4. The van der Waals surface area contributed by atoms with Crippen molar-refractivity contribution in [3.05, 3.63) is 212 Å². The first-order chi connectivity index (χ1) is 29.2. The topological polar surface area (TPSA) is 51.8 Å². The Morgan fingerprint density at radius 1 is 0.271 bits per heavy atom. The van der Waals surface area contributed by atoms with Crippen molar-refractivity contribution in [3.63, 3.8) is 0 Å². The van der Waals surface area contributed by atoms with E-state index in [1.807, 2.05) is 42.5 Å². The van der Waals surface area contributed by atoms with E-state index >= 15 is 0 Å². The molecule has 11 aromatic rings. The lowest BCUT2D eigenvalue weighted by atomic mass is 9.95. The molecule has 0 atom stereocenters. The lowest BCUT2D eigenvalue weighted by Crippen LogP contribution is -2.00. The summed E-state index contributed by atoms with van der Waals surface area (Å²) in [7, 11) is 0. The van der Waals surface area contributed by atoms with Gasteiger partial charge >= 0.3 is 0 Å². The van der Waals surface area contributed by atoms with Gasteiger partial charge in [-0.3, -0.25) is 0 Å². The molecule has 0 saturated carbocycles. The van der Waals surface area contributed by atoms with E-state index in [-0.39, 0.29) is 0 Å². The summed E-state index contributed by atoms with van der Waals surface area (Å²) >= 11 is 0. The van der Waals surface area contributed by atoms with Gasteiger partial charge in [0, 0.05) is 27.5 Å². The Bertz CT molecular complexity index is 3310. The molecule has 9 aromatic carbocycles. The van der Waals surface area contributed by atoms with Crippen molar-refractivity contribution in [1.82, 2.24) is 15.0 Å². The number of benzene rings is 9. The van der Waals surface area contributed by atoms with Crippen LogP contribution in [0.3, 0.4) is 0 Å². The highest BCUT2D eigenvalue weighted by Crippen LogP contribution is 2.40. The first-order valence-electron chi connectivity index (χ1n) is 19.8. The number of hydrogen-bond donors (Lipinski definition) is 0. The molecule has 0 fully saturated rings. The number of aromatic nitrogens is 3. The van der Waals surface area contributed by atoms with Gasteiger partial charge in [-0.05, 0) is 85.6 Å². The van der Waals surface area contributed by atoms with E-state index < -0.39 is 0 Å². The van der Waals surface area contributed by atoms with Crippen LogP contribution >= 0.6 is 0 Å². The molecule has 4 nitrogen and oxygen atoms in total. The summed E-state index contributed by atoms with van der Waals surface area (Å²) in [4.78, 5) is 15.2. The van der Waals surface area contributed by atoms with E-state index in [4.69, 9.17) is 19.4 Å². The molecule has 0 aliphatic heterocycles. The highest BCUT2D eigenvalue weighted by Gasteiger charge is 2.18. The van der Waals surface area contributed by atoms with Crippen molar-refractivity contribution < 1.29 is 4.42 Å². The second-order valence-electron chi connectivity index (χ2n) is 14.8. The van der Waals surface area contributed by atoms with Gasteiger partial charge in [-0.2, -0.15) is 0 Å². The van der Waals surface area contributed by atoms with Gasteiger partial charge in [0.25, 0.3) is 0 Å². The summed E-state index contributed by atoms with van der Waals surface area (Å²) in [5, 5.41) is 4.53. The maximum atomic E-state index is 6.61. The van der Waals surface area contributed by atoms with Gasteiger partial charge in [0.05, 0.1) is 0 Å². The number of fused-ring (bicyclic) bond motifs is 4. The Hall–Kier alpha value is -7.95. The van der Waals surface area contributed by atoms with Gasteiger partial charge in [-0.25, -0.2) is 15.0 Å². The van der Waals surface area contributed by atoms with Crippen molar-refractivity contribution >= 4 is 32.7 Å². The molecule has 0 radical (unpaired) electrons. The maximum Gasteiger partial charge on any atom is 0.164 e. The Morgan fingerprint density at radius 2 is 0.746 bits per heavy atom. The third-order valence-corrected chi connectivity index (χ3v) is 11.1. The molecule has 0 unspecified atom stereocenters. The van der Waals surface area contributed by atoms with Crippen molar-refractivity contribution in [2.75, 3.05) is 0 Å². The molecule has 0 aliphatic carbocycles. The Kier molecular flexibility index (Phi) is 8.45. The smallest absolute Gasteiger partial charge is 0.164 e. The number of hydrogen-bond acceptors (Lipinski definition) is 4. The van der Waals surface area contributed by atoms with Crippen molar-refractivity contribution in [2.24, 2.45) is 0 Å². The summed E-state index contributed by atoms with van der Waals surface area (Å²) < 4.78 is 6.61. The van der Waals surface area contributed by atoms with Crippen LogP contribution in [0.15, 0.2) is 217 Å². The third-order valence-electron chi connectivity index (χ3n) is 11.1. The standard InChI is InChI=1S/C55H35N3O/c1-3-13-36(14-4-1)37-27-29-38(30-28-37)41-19-9-21-43(33-41)48-25-12-26-50-52(48)49-32-31-45(35-51(49)59-50)55-57-53(40-16-5-2-6-17-40)56-54(58-55)44-22-10-20-42(34-44)47-24-11-18-39-15-7-8-23-46(39)47/h1-35H. The Balaban J connectivity index is 0.986. The summed E-state index contributed by atoms with van der Waals surface area (Å²) in [5.41, 5.74) is 13.6. The van der Waals surface area contributed by atoms with Gasteiger partial charge in [0.1, 0.15) is 11.2 Å². The number of rotatable bonds is 7. The molecule has 0 spiro atoms. The lowest BCUT2D eigenvalue weighted by Gasteiger charge is -2.11. The molecule has 59 heavy (non-hydrogen) atoms. The third kappa shape index (κ3) is 6.43. The Labute approximate surface area is 341 Å². The molecular weight excluding hydrogens is 719 g/mol. The minimum atomic E-state index is 0.581. The molecule has 0 bridgehead atoms. The highest BCUT2D eigenvalue weighted by atomic mass is 16.3. The summed E-state index contributed by atoms with van der Waals surface area (Å²) in [6.45, 7) is 0. The van der Waals surface area contributed by atoms with Crippen molar-refractivity contribution in [1.29, 1.82) is 0 Å². The van der Waals surface area contributed by atoms with E-state index in [2.05, 4.69) is 170 Å². The van der Waals surface area contributed by atoms with E-state index in [0.29, 0.717) is 17.5 Å². The number of furan rings is 1. The fraction of sp³-hybridized carbons (Fsp3) is 0. The molecule has 4 heteroatoms. The second kappa shape index (κ2) is 14.5. The predicted octanol–water partition coefficient (Wildman–Crippen LogP) is 14.6. The highest BCUT2D eigenvalue weighted by molar-refractivity contribution is 6.13. The molecular formula is C55H35N3O. The molecule has 0 aliphatic rings. The van der Waals surface area contributed by atoms with E-state index in [0.717, 1.165) is 60.9 Å². The monoisotopic (exact) mass is 753 g/mol. The van der Waals surface area contributed by atoms with E-state index in [1.165, 1.54) is 33.0 Å². The molecule has 0 saturated heterocycles. The average Bonchev–Trinajstić information content (AvgIpc) is 3.70. The van der Waals surface area contributed by atoms with Crippen LogP contribution < -0.4 is 0 Å². The molecule has 276 valence electrons. The SMILES string of the molecule is c1ccc(-c2ccc(-c3cccc(-c4cccc5oc6cc(-c7nc(-c8ccccc8)nc(-c8cccc(-c9cccc%10ccccc9%10)c8)n7)ccc6c45)c3)cc2)cc1. The maximum absolute atomic E-state index is 6.61. The minimum absolute atomic E-state index is 0.581. The fourth-order valence-electron chi connectivity index (χ4n) is 8.21. The molecule has 0 N–H and O–H groups in total. The van der Waals surface area contributed by atoms with Crippen LogP contribution in [0.25, 0.3) is 111 Å². The van der Waals surface area contributed by atoms with Crippen LogP contribution in [0.2, 0.25) is 0 Å². The average molecular weight is 754 g/mol. The van der Waals surface area contributed by atoms with Gasteiger partial charge in [-0.15, -0.1) is 0 Å². The molecule has 11 rings (SSSR count). The van der Waals surface area contributed by atoms with Crippen molar-refractivity contribution in [2.45, 2.75) is 0 Å². The van der Waals surface area contributed by atoms with E-state index in [1.54, 1.807) is 0 Å². The quantitative estimate of drug-likeness (QED) is 0.163. The van der Waals surface area contributed by atoms with Crippen LogP contribution in [0, 0.1) is 0 Å². The minimum Gasteiger partial charge on any atom is -0.456 e. The fourth-order valence-corrected chi connectivity index (χ4v) is 8.21. The molecule has 2 aromatic heterocycles. The lowest BCUT2D eigenvalue weighted by molar-refractivity contribution is 0.669. The zero-order valence-corrected chi connectivity index (χ0v) is 32.0. The van der Waals surface area contributed by atoms with Gasteiger partial charge in [-0.1, -0.05) is 182 Å². The summed E-state index contributed by atoms with van der Waals surface area (Å²) in [6.07, 6.45) is 0. The second-order valence-corrected chi connectivity index (χ2v) is 14.8. The van der Waals surface area contributed by atoms with Crippen LogP contribution in [-0.2, 0) is 0 Å². The van der Waals surface area contributed by atoms with Crippen LogP contribution in [-0.4, -0.2) is 15.0 Å². The summed E-state index contributed by atoms with van der Waals surface area (Å²) in [6, 6.07) is 74.1. The van der Waals surface area contributed by atoms with Gasteiger partial charge in [0.2, 0.25) is 0 Å². The van der Waals surface area contributed by atoms with Gasteiger partial charge in [0.15, 0.2) is 17.5 Å². The molecule has 0 amide bonds.